The van der Waals surface area contributed by atoms with Crippen molar-refractivity contribution in [1.29, 1.82) is 0 Å². The Hall–Kier alpha value is -2.56. The molecular formula is C23H28N2O3. The smallest absolute Gasteiger partial charge is 0.223 e. The Morgan fingerprint density at radius 3 is 2.50 bits per heavy atom. The third-order valence-electron chi connectivity index (χ3n) is 6.39. The van der Waals surface area contributed by atoms with E-state index < -0.39 is 0 Å². The van der Waals surface area contributed by atoms with Gasteiger partial charge in [-0.2, -0.15) is 0 Å². The van der Waals surface area contributed by atoms with Crippen LogP contribution in [0.4, 0.5) is 0 Å². The number of piperidine rings is 1. The van der Waals surface area contributed by atoms with Crippen molar-refractivity contribution >= 4 is 11.8 Å². The summed E-state index contributed by atoms with van der Waals surface area (Å²) < 4.78 is 5.64. The Balaban J connectivity index is 1.39. The molecule has 1 atom stereocenters. The first kappa shape index (κ1) is 18.8. The highest BCUT2D eigenvalue weighted by Crippen LogP contribution is 2.40. The number of hydrogen-bond acceptors (Lipinski definition) is 3. The molecule has 2 saturated heterocycles. The van der Waals surface area contributed by atoms with Gasteiger partial charge in [-0.3, -0.25) is 9.59 Å². The quantitative estimate of drug-likeness (QED) is 0.798. The summed E-state index contributed by atoms with van der Waals surface area (Å²) in [5.41, 5.74) is 1.29. The molecule has 0 radical (unpaired) electrons. The average molecular weight is 380 g/mol. The van der Waals surface area contributed by atoms with Crippen LogP contribution in [0.2, 0.25) is 0 Å². The van der Waals surface area contributed by atoms with Gasteiger partial charge < -0.3 is 14.2 Å². The average Bonchev–Trinajstić information content (AvgIpc) is 3.31. The Labute approximate surface area is 166 Å². The van der Waals surface area contributed by atoms with Crippen LogP contribution in [0.25, 0.3) is 0 Å². The van der Waals surface area contributed by atoms with E-state index in [9.17, 15) is 9.59 Å². The Bertz CT molecular complexity index is 808. The summed E-state index contributed by atoms with van der Waals surface area (Å²) in [6.07, 6.45) is 5.38. The topological polar surface area (TPSA) is 53.8 Å². The van der Waals surface area contributed by atoms with Crippen LogP contribution in [0.15, 0.2) is 53.1 Å². The van der Waals surface area contributed by atoms with Gasteiger partial charge in [0.15, 0.2) is 0 Å². The second-order valence-electron chi connectivity index (χ2n) is 8.41. The maximum absolute atomic E-state index is 13.0. The normalized spacial score (nSPS) is 20.0. The zero-order valence-corrected chi connectivity index (χ0v) is 16.5. The molecule has 1 spiro atoms. The number of nitrogens with zero attached hydrogens (tertiary/aromatic N) is 2. The summed E-state index contributed by atoms with van der Waals surface area (Å²) in [7, 11) is 1.88. The van der Waals surface area contributed by atoms with Gasteiger partial charge in [0.2, 0.25) is 11.8 Å². The molecule has 0 aliphatic carbocycles. The maximum Gasteiger partial charge on any atom is 0.223 e. The molecule has 0 bridgehead atoms. The molecule has 28 heavy (non-hydrogen) atoms. The van der Waals surface area contributed by atoms with Crippen molar-refractivity contribution in [3.63, 3.8) is 0 Å². The number of furan rings is 1. The van der Waals surface area contributed by atoms with Gasteiger partial charge in [-0.05, 0) is 37.0 Å². The van der Waals surface area contributed by atoms with Crippen LogP contribution in [0.5, 0.6) is 0 Å². The second-order valence-corrected chi connectivity index (χ2v) is 8.41. The lowest BCUT2D eigenvalue weighted by Gasteiger charge is -2.39. The lowest BCUT2D eigenvalue weighted by Crippen LogP contribution is -2.44. The zero-order chi connectivity index (χ0) is 19.6. The van der Waals surface area contributed by atoms with E-state index >= 15 is 0 Å². The predicted octanol–water partition coefficient (Wildman–Crippen LogP) is 3.47. The summed E-state index contributed by atoms with van der Waals surface area (Å²) in [4.78, 5) is 28.8. The molecule has 1 aromatic heterocycles. The summed E-state index contributed by atoms with van der Waals surface area (Å²) in [6, 6.07) is 14.1. The van der Waals surface area contributed by atoms with Crippen molar-refractivity contribution in [2.24, 2.45) is 5.41 Å². The van der Waals surface area contributed by atoms with Gasteiger partial charge in [0.1, 0.15) is 5.76 Å². The van der Waals surface area contributed by atoms with Crippen molar-refractivity contribution in [3.8, 4) is 0 Å². The monoisotopic (exact) mass is 380 g/mol. The standard InChI is InChI=1S/C23H28N2O3/c1-24-17-23(16-22(24)27)9-11-25(12-10-23)21(26)15-19(20-8-5-13-28-20)14-18-6-3-2-4-7-18/h2-8,13,19H,9-12,14-17H2,1H3/t19-/m1/s1. The molecule has 0 saturated carbocycles. The van der Waals surface area contributed by atoms with Crippen LogP contribution in [0.1, 0.15) is 42.9 Å². The molecule has 4 rings (SSSR count). The lowest BCUT2D eigenvalue weighted by atomic mass is 9.77. The summed E-state index contributed by atoms with van der Waals surface area (Å²) in [5, 5.41) is 0. The van der Waals surface area contributed by atoms with Crippen molar-refractivity contribution < 1.29 is 14.0 Å². The van der Waals surface area contributed by atoms with E-state index in [1.165, 1.54) is 5.56 Å². The third-order valence-corrected chi connectivity index (χ3v) is 6.39. The van der Waals surface area contributed by atoms with Crippen LogP contribution in [-0.4, -0.2) is 48.3 Å². The molecule has 5 heteroatoms. The largest absolute Gasteiger partial charge is 0.469 e. The molecule has 3 heterocycles. The molecular weight excluding hydrogens is 352 g/mol. The van der Waals surface area contributed by atoms with Crippen LogP contribution in [0.3, 0.4) is 0 Å². The Morgan fingerprint density at radius 2 is 1.89 bits per heavy atom. The first-order valence-electron chi connectivity index (χ1n) is 10.1. The number of carbonyl (C=O) groups excluding carboxylic acids is 2. The van der Waals surface area contributed by atoms with E-state index in [-0.39, 0.29) is 23.1 Å². The van der Waals surface area contributed by atoms with Crippen molar-refractivity contribution in [1.82, 2.24) is 9.80 Å². The van der Waals surface area contributed by atoms with Crippen molar-refractivity contribution in [2.45, 2.75) is 38.0 Å². The number of likely N-dealkylation sites (tertiary alicyclic amines) is 2. The van der Waals surface area contributed by atoms with Gasteiger partial charge in [0, 0.05) is 50.9 Å². The first-order valence-corrected chi connectivity index (χ1v) is 10.1. The number of carbonyl (C=O) groups is 2. The van der Waals surface area contributed by atoms with Gasteiger partial charge in [0.25, 0.3) is 0 Å². The van der Waals surface area contributed by atoms with Gasteiger partial charge in [-0.1, -0.05) is 30.3 Å². The predicted molar refractivity (Wildman–Crippen MR) is 107 cm³/mol. The number of hydrogen-bond donors (Lipinski definition) is 0. The van der Waals surface area contributed by atoms with E-state index in [1.54, 1.807) is 6.26 Å². The molecule has 2 aliphatic rings. The molecule has 0 unspecified atom stereocenters. The number of benzene rings is 1. The fourth-order valence-corrected chi connectivity index (χ4v) is 4.70. The minimum absolute atomic E-state index is 0.0416. The van der Waals surface area contributed by atoms with Gasteiger partial charge in [-0.25, -0.2) is 0 Å². The van der Waals surface area contributed by atoms with Crippen LogP contribution in [-0.2, 0) is 16.0 Å². The van der Waals surface area contributed by atoms with Crippen molar-refractivity contribution in [2.75, 3.05) is 26.7 Å². The Kier molecular flexibility index (Phi) is 5.25. The molecule has 2 amide bonds. The molecule has 0 N–H and O–H groups in total. The summed E-state index contributed by atoms with van der Waals surface area (Å²) in [6.45, 7) is 2.32. The highest BCUT2D eigenvalue weighted by Gasteiger charge is 2.44. The highest BCUT2D eigenvalue weighted by molar-refractivity contribution is 5.80. The first-order chi connectivity index (χ1) is 13.5. The fraction of sp³-hybridized carbons (Fsp3) is 0.478. The van der Waals surface area contributed by atoms with E-state index in [0.29, 0.717) is 12.8 Å². The summed E-state index contributed by atoms with van der Waals surface area (Å²) >= 11 is 0. The summed E-state index contributed by atoms with van der Waals surface area (Å²) in [5.74, 6) is 1.33. The molecule has 1 aromatic carbocycles. The lowest BCUT2D eigenvalue weighted by molar-refractivity contribution is -0.134. The minimum atomic E-state index is 0.0416. The van der Waals surface area contributed by atoms with Gasteiger partial charge >= 0.3 is 0 Å². The molecule has 148 valence electrons. The highest BCUT2D eigenvalue weighted by atomic mass is 16.3. The Morgan fingerprint density at radius 1 is 1.14 bits per heavy atom. The van der Waals surface area contributed by atoms with E-state index in [1.807, 2.05) is 47.2 Å². The molecule has 2 aliphatic heterocycles. The molecule has 2 aromatic rings. The van der Waals surface area contributed by atoms with E-state index in [0.717, 1.165) is 44.7 Å². The zero-order valence-electron chi connectivity index (χ0n) is 16.5. The maximum atomic E-state index is 13.0. The number of rotatable bonds is 5. The molecule has 5 nitrogen and oxygen atoms in total. The van der Waals surface area contributed by atoms with E-state index in [2.05, 4.69) is 12.1 Å². The van der Waals surface area contributed by atoms with Gasteiger partial charge in [-0.15, -0.1) is 0 Å². The molecule has 2 fully saturated rings. The fourth-order valence-electron chi connectivity index (χ4n) is 4.70. The van der Waals surface area contributed by atoms with E-state index in [4.69, 9.17) is 4.42 Å². The van der Waals surface area contributed by atoms with Crippen LogP contribution in [0, 0.1) is 5.41 Å². The SMILES string of the molecule is CN1CC2(CCN(C(=O)C[C@@H](Cc3ccccc3)c3ccco3)CC2)CC1=O. The van der Waals surface area contributed by atoms with Crippen molar-refractivity contribution in [3.05, 3.63) is 60.1 Å². The third kappa shape index (κ3) is 3.98. The second kappa shape index (κ2) is 7.82. The van der Waals surface area contributed by atoms with Gasteiger partial charge in [0.05, 0.1) is 6.26 Å². The number of amides is 2. The minimum Gasteiger partial charge on any atom is -0.469 e. The van der Waals surface area contributed by atoms with Crippen LogP contribution >= 0.6 is 0 Å². The van der Waals surface area contributed by atoms with Crippen LogP contribution < -0.4 is 0 Å².